The molecule has 3 heteroatoms. The number of hydrogen-bond acceptors (Lipinski definition) is 2. The molecule has 0 atom stereocenters. The third-order valence-electron chi connectivity index (χ3n) is 3.57. The van der Waals surface area contributed by atoms with Gasteiger partial charge in [0, 0.05) is 5.69 Å². The highest BCUT2D eigenvalue weighted by atomic mass is 16.2. The second-order valence-electron chi connectivity index (χ2n) is 4.56. The van der Waals surface area contributed by atoms with Crippen molar-refractivity contribution < 1.29 is 4.79 Å². The van der Waals surface area contributed by atoms with Crippen LogP contribution in [0.2, 0.25) is 0 Å². The molecule has 3 nitrogen and oxygen atoms in total. The van der Waals surface area contributed by atoms with Crippen molar-refractivity contribution in [2.45, 2.75) is 46.1 Å². The second kappa shape index (κ2) is 5.32. The largest absolute Gasteiger partial charge is 0.324 e. The summed E-state index contributed by atoms with van der Waals surface area (Å²) in [6.45, 7) is 7.90. The quantitative estimate of drug-likeness (QED) is 0.841. The average Bonchev–Trinajstić information content (AvgIpc) is 2.33. The predicted molar refractivity (Wildman–Crippen MR) is 72.0 cm³/mol. The molecular formula is C14H22N2O. The van der Waals surface area contributed by atoms with Crippen molar-refractivity contribution in [3.63, 3.8) is 0 Å². The molecule has 94 valence electrons. The van der Waals surface area contributed by atoms with Gasteiger partial charge in [0.05, 0.1) is 5.54 Å². The van der Waals surface area contributed by atoms with Gasteiger partial charge in [-0.1, -0.05) is 26.0 Å². The Morgan fingerprint density at radius 1 is 1.29 bits per heavy atom. The molecule has 0 fully saturated rings. The molecule has 0 bridgehead atoms. The van der Waals surface area contributed by atoms with Gasteiger partial charge in [0.2, 0.25) is 5.91 Å². The van der Waals surface area contributed by atoms with Crippen LogP contribution in [0, 0.1) is 13.8 Å². The molecule has 0 heterocycles. The zero-order valence-corrected chi connectivity index (χ0v) is 11.1. The summed E-state index contributed by atoms with van der Waals surface area (Å²) in [7, 11) is 0. The van der Waals surface area contributed by atoms with Gasteiger partial charge < -0.3 is 11.1 Å². The maximum atomic E-state index is 12.1. The Hall–Kier alpha value is -1.35. The highest BCUT2D eigenvalue weighted by molar-refractivity contribution is 5.98. The predicted octanol–water partition coefficient (Wildman–Crippen LogP) is 2.76. The number of aryl methyl sites for hydroxylation is 1. The van der Waals surface area contributed by atoms with E-state index in [1.165, 1.54) is 5.56 Å². The molecule has 0 aliphatic carbocycles. The number of amides is 1. The molecule has 1 aromatic rings. The first kappa shape index (κ1) is 13.7. The SMILES string of the molecule is CCC(N)(CC)C(=O)Nc1cccc(C)c1C. The molecule has 0 saturated carbocycles. The number of nitrogens with two attached hydrogens (primary N) is 1. The third-order valence-corrected chi connectivity index (χ3v) is 3.57. The van der Waals surface area contributed by atoms with Crippen LogP contribution >= 0.6 is 0 Å². The van der Waals surface area contributed by atoms with Crippen LogP contribution in [0.4, 0.5) is 5.69 Å². The van der Waals surface area contributed by atoms with Crippen LogP contribution in [0.15, 0.2) is 18.2 Å². The van der Waals surface area contributed by atoms with E-state index in [2.05, 4.69) is 5.32 Å². The molecule has 0 aliphatic heterocycles. The van der Waals surface area contributed by atoms with E-state index in [1.54, 1.807) is 0 Å². The fourth-order valence-electron chi connectivity index (χ4n) is 1.70. The van der Waals surface area contributed by atoms with Gasteiger partial charge in [0.25, 0.3) is 0 Å². The highest BCUT2D eigenvalue weighted by Gasteiger charge is 2.30. The van der Waals surface area contributed by atoms with Crippen molar-refractivity contribution >= 4 is 11.6 Å². The van der Waals surface area contributed by atoms with Crippen molar-refractivity contribution in [3.8, 4) is 0 Å². The summed E-state index contributed by atoms with van der Waals surface area (Å²) < 4.78 is 0. The summed E-state index contributed by atoms with van der Waals surface area (Å²) in [6, 6.07) is 5.88. The zero-order chi connectivity index (χ0) is 13.1. The van der Waals surface area contributed by atoms with Crippen molar-refractivity contribution in [1.29, 1.82) is 0 Å². The molecule has 0 saturated heterocycles. The normalized spacial score (nSPS) is 11.4. The molecule has 1 amide bonds. The summed E-state index contributed by atoms with van der Waals surface area (Å²) >= 11 is 0. The summed E-state index contributed by atoms with van der Waals surface area (Å²) in [5.41, 5.74) is 8.41. The molecule has 0 aliphatic rings. The monoisotopic (exact) mass is 234 g/mol. The van der Waals surface area contributed by atoms with Gasteiger partial charge in [-0.25, -0.2) is 0 Å². The van der Waals surface area contributed by atoms with E-state index in [0.717, 1.165) is 11.3 Å². The fourth-order valence-corrected chi connectivity index (χ4v) is 1.70. The second-order valence-corrected chi connectivity index (χ2v) is 4.56. The first-order chi connectivity index (χ1) is 7.94. The molecule has 1 aromatic carbocycles. The van der Waals surface area contributed by atoms with E-state index in [0.29, 0.717) is 12.8 Å². The van der Waals surface area contributed by atoms with Crippen LogP contribution in [0.3, 0.4) is 0 Å². The average molecular weight is 234 g/mol. The standard InChI is InChI=1S/C14H22N2O/c1-5-14(15,6-2)13(17)16-12-9-7-8-10(3)11(12)4/h7-9H,5-6,15H2,1-4H3,(H,16,17). The maximum absolute atomic E-state index is 12.1. The fraction of sp³-hybridized carbons (Fsp3) is 0.500. The Morgan fingerprint density at radius 3 is 2.41 bits per heavy atom. The lowest BCUT2D eigenvalue weighted by atomic mass is 9.93. The maximum Gasteiger partial charge on any atom is 0.244 e. The molecule has 17 heavy (non-hydrogen) atoms. The number of carbonyl (C=O) groups is 1. The highest BCUT2D eigenvalue weighted by Crippen LogP contribution is 2.20. The summed E-state index contributed by atoms with van der Waals surface area (Å²) in [5.74, 6) is -0.101. The summed E-state index contributed by atoms with van der Waals surface area (Å²) in [6.07, 6.45) is 1.28. The van der Waals surface area contributed by atoms with Crippen molar-refractivity contribution in [2.75, 3.05) is 5.32 Å². The molecule has 0 spiro atoms. The van der Waals surface area contributed by atoms with Gasteiger partial charge in [0.1, 0.15) is 0 Å². The van der Waals surface area contributed by atoms with Gasteiger partial charge >= 0.3 is 0 Å². The lowest BCUT2D eigenvalue weighted by Crippen LogP contribution is -2.50. The minimum absolute atomic E-state index is 0.101. The van der Waals surface area contributed by atoms with Crippen molar-refractivity contribution in [3.05, 3.63) is 29.3 Å². The lowest BCUT2D eigenvalue weighted by molar-refractivity contribution is -0.121. The number of benzene rings is 1. The van der Waals surface area contributed by atoms with Crippen LogP contribution in [-0.2, 0) is 4.79 Å². The van der Waals surface area contributed by atoms with Crippen LogP contribution < -0.4 is 11.1 Å². The number of hydrogen-bond donors (Lipinski definition) is 2. The zero-order valence-electron chi connectivity index (χ0n) is 11.1. The van der Waals surface area contributed by atoms with Crippen molar-refractivity contribution in [1.82, 2.24) is 0 Å². The van der Waals surface area contributed by atoms with Crippen molar-refractivity contribution in [2.24, 2.45) is 5.73 Å². The summed E-state index contributed by atoms with van der Waals surface area (Å²) in [5, 5.41) is 2.93. The number of nitrogens with one attached hydrogen (secondary N) is 1. The molecule has 0 aromatic heterocycles. The Bertz CT molecular complexity index is 409. The Labute approximate surface area is 103 Å². The molecule has 0 radical (unpaired) electrons. The molecule has 0 unspecified atom stereocenters. The van der Waals surface area contributed by atoms with E-state index >= 15 is 0 Å². The molecule has 3 N–H and O–H groups in total. The van der Waals surface area contributed by atoms with E-state index in [1.807, 2.05) is 45.9 Å². The van der Waals surface area contributed by atoms with Crippen LogP contribution in [0.5, 0.6) is 0 Å². The van der Waals surface area contributed by atoms with E-state index < -0.39 is 5.54 Å². The lowest BCUT2D eigenvalue weighted by Gasteiger charge is -2.25. The van der Waals surface area contributed by atoms with E-state index in [-0.39, 0.29) is 5.91 Å². The van der Waals surface area contributed by atoms with Crippen LogP contribution in [0.25, 0.3) is 0 Å². The minimum atomic E-state index is -0.768. The minimum Gasteiger partial charge on any atom is -0.324 e. The smallest absolute Gasteiger partial charge is 0.244 e. The molecular weight excluding hydrogens is 212 g/mol. The number of carbonyl (C=O) groups excluding carboxylic acids is 1. The van der Waals surface area contributed by atoms with Gasteiger partial charge in [0.15, 0.2) is 0 Å². The third kappa shape index (κ3) is 2.86. The summed E-state index contributed by atoms with van der Waals surface area (Å²) in [4.78, 5) is 12.1. The van der Waals surface area contributed by atoms with E-state index in [9.17, 15) is 4.79 Å². The van der Waals surface area contributed by atoms with Crippen LogP contribution in [0.1, 0.15) is 37.8 Å². The van der Waals surface area contributed by atoms with Gasteiger partial charge in [-0.3, -0.25) is 4.79 Å². The first-order valence-electron chi connectivity index (χ1n) is 6.11. The van der Waals surface area contributed by atoms with Gasteiger partial charge in [-0.2, -0.15) is 0 Å². The number of rotatable bonds is 4. The first-order valence-corrected chi connectivity index (χ1v) is 6.11. The molecule has 1 rings (SSSR count). The van der Waals surface area contributed by atoms with Crippen LogP contribution in [-0.4, -0.2) is 11.4 Å². The Morgan fingerprint density at radius 2 is 1.88 bits per heavy atom. The van der Waals surface area contributed by atoms with E-state index in [4.69, 9.17) is 5.73 Å². The van der Waals surface area contributed by atoms with Gasteiger partial charge in [-0.05, 0) is 43.9 Å². The Balaban J connectivity index is 2.92. The number of anilines is 1. The Kier molecular flexibility index (Phi) is 4.29. The topological polar surface area (TPSA) is 55.1 Å². The van der Waals surface area contributed by atoms with Gasteiger partial charge in [-0.15, -0.1) is 0 Å².